The maximum Gasteiger partial charge on any atom is 0.317 e. The topological polar surface area (TPSA) is 166 Å². The third-order valence-electron chi connectivity index (χ3n) is 3.55. The van der Waals surface area contributed by atoms with Crippen LogP contribution in [-0.2, 0) is 0 Å². The zero-order valence-corrected chi connectivity index (χ0v) is 13.2. The Bertz CT molecular complexity index is 1030. The number of nitrogens with two attached hydrogens (primary N) is 2. The largest absolute Gasteiger partial charge is 0.457 e. The molecule has 0 bridgehead atoms. The van der Waals surface area contributed by atoms with Crippen molar-refractivity contribution in [3.63, 3.8) is 0 Å². The number of nitro groups is 1. The van der Waals surface area contributed by atoms with Crippen molar-refractivity contribution < 1.29 is 19.2 Å². The minimum absolute atomic E-state index is 0.0505. The molecule has 0 radical (unpaired) electrons. The monoisotopic (exact) mass is 355 g/mol. The number of urea groups is 1. The third kappa shape index (κ3) is 3.24. The van der Waals surface area contributed by atoms with Gasteiger partial charge in [-0.05, 0) is 24.3 Å². The van der Waals surface area contributed by atoms with Crippen LogP contribution in [0.3, 0.4) is 0 Å². The fourth-order valence-corrected chi connectivity index (χ4v) is 2.48. The number of ether oxygens (including phenoxy) is 1. The summed E-state index contributed by atoms with van der Waals surface area (Å²) in [6.07, 6.45) is 0. The molecule has 0 unspecified atom stereocenters. The Balaban J connectivity index is 1.94. The summed E-state index contributed by atoms with van der Waals surface area (Å²) < 4.78 is 5.64. The van der Waals surface area contributed by atoms with Crippen LogP contribution < -0.4 is 21.5 Å². The van der Waals surface area contributed by atoms with Gasteiger partial charge >= 0.3 is 6.03 Å². The van der Waals surface area contributed by atoms with Gasteiger partial charge in [0.2, 0.25) is 0 Å². The van der Waals surface area contributed by atoms with Crippen molar-refractivity contribution in [1.82, 2.24) is 4.98 Å². The maximum absolute atomic E-state index is 11.7. The van der Waals surface area contributed by atoms with Gasteiger partial charge in [-0.2, -0.15) is 0 Å². The number of primary amides is 2. The lowest BCUT2D eigenvalue weighted by Gasteiger charge is -2.05. The van der Waals surface area contributed by atoms with Crippen LogP contribution in [0.25, 0.3) is 10.9 Å². The van der Waals surface area contributed by atoms with E-state index in [0.717, 1.165) is 0 Å². The number of nitrogens with zero attached hydrogens (tertiary/aromatic N) is 1. The number of nitrogens with one attached hydrogen (secondary N) is 2. The number of aromatic nitrogens is 1. The molecule has 0 aliphatic heterocycles. The molecule has 1 heterocycles. The van der Waals surface area contributed by atoms with Gasteiger partial charge in [-0.3, -0.25) is 20.2 Å². The van der Waals surface area contributed by atoms with Crippen LogP contribution in [0, 0.1) is 10.1 Å². The number of hydrogen-bond donors (Lipinski definition) is 4. The molecule has 0 saturated heterocycles. The van der Waals surface area contributed by atoms with Crippen LogP contribution in [0.5, 0.6) is 11.5 Å². The van der Waals surface area contributed by atoms with Crippen LogP contribution in [0.4, 0.5) is 16.3 Å². The van der Waals surface area contributed by atoms with Crippen molar-refractivity contribution in [3.05, 3.63) is 58.1 Å². The molecule has 0 fully saturated rings. The molecular formula is C16H13N5O5. The quantitative estimate of drug-likeness (QED) is 0.407. The van der Waals surface area contributed by atoms with Gasteiger partial charge in [0.25, 0.3) is 11.6 Å². The van der Waals surface area contributed by atoms with Crippen molar-refractivity contribution in [3.8, 4) is 11.5 Å². The highest BCUT2D eigenvalue weighted by atomic mass is 16.6. The molecule has 0 aliphatic carbocycles. The number of non-ortho nitro benzene ring substituents is 1. The lowest BCUT2D eigenvalue weighted by atomic mass is 10.1. The van der Waals surface area contributed by atoms with E-state index < -0.39 is 16.9 Å². The average Bonchev–Trinajstić information content (AvgIpc) is 2.91. The Kier molecular flexibility index (Phi) is 4.15. The standard InChI is InChI=1S/C16H13N5O5/c17-14(22)13-11-6-5-10(7-12(11)19-15(13)20-16(18)23)26-9-3-1-8(2-4-9)21(24)25/h1-7,19H,(H2,17,22)(H3,18,20,23). The molecule has 3 aromatic rings. The first-order valence-electron chi connectivity index (χ1n) is 7.29. The molecule has 0 saturated carbocycles. The number of benzene rings is 2. The third-order valence-corrected chi connectivity index (χ3v) is 3.55. The number of nitro benzene ring substituents is 1. The zero-order chi connectivity index (χ0) is 18.8. The van der Waals surface area contributed by atoms with E-state index in [1.807, 2.05) is 0 Å². The fraction of sp³-hybridized carbons (Fsp3) is 0. The number of amides is 3. The summed E-state index contributed by atoms with van der Waals surface area (Å²) in [4.78, 5) is 35.7. The zero-order valence-electron chi connectivity index (χ0n) is 13.2. The maximum atomic E-state index is 11.7. The number of anilines is 1. The Labute approximate surface area is 145 Å². The summed E-state index contributed by atoms with van der Waals surface area (Å²) in [6.45, 7) is 0. The highest BCUT2D eigenvalue weighted by Gasteiger charge is 2.18. The van der Waals surface area contributed by atoms with Crippen LogP contribution in [0.1, 0.15) is 10.4 Å². The predicted molar refractivity (Wildman–Crippen MR) is 93.2 cm³/mol. The predicted octanol–water partition coefficient (Wildman–Crippen LogP) is 2.46. The second-order valence-electron chi connectivity index (χ2n) is 5.29. The molecule has 10 heteroatoms. The van der Waals surface area contributed by atoms with Crippen molar-refractivity contribution in [2.75, 3.05) is 5.32 Å². The molecule has 0 atom stereocenters. The molecule has 26 heavy (non-hydrogen) atoms. The summed E-state index contributed by atoms with van der Waals surface area (Å²) in [5, 5.41) is 13.5. The van der Waals surface area contributed by atoms with Gasteiger partial charge in [-0.15, -0.1) is 0 Å². The first-order valence-corrected chi connectivity index (χ1v) is 7.29. The minimum atomic E-state index is -0.846. The highest BCUT2D eigenvalue weighted by Crippen LogP contribution is 2.31. The van der Waals surface area contributed by atoms with Crippen molar-refractivity contribution >= 4 is 34.3 Å². The van der Waals surface area contributed by atoms with Gasteiger partial charge in [-0.25, -0.2) is 4.79 Å². The summed E-state index contributed by atoms with van der Waals surface area (Å²) in [5.41, 5.74) is 11.0. The molecule has 2 aromatic carbocycles. The Morgan fingerprint density at radius 2 is 1.73 bits per heavy atom. The van der Waals surface area contributed by atoms with E-state index in [4.69, 9.17) is 16.2 Å². The summed E-state index contributed by atoms with van der Waals surface area (Å²) in [7, 11) is 0. The van der Waals surface area contributed by atoms with Crippen LogP contribution in [0.2, 0.25) is 0 Å². The van der Waals surface area contributed by atoms with E-state index in [0.29, 0.717) is 22.4 Å². The second kappa shape index (κ2) is 6.43. The highest BCUT2D eigenvalue weighted by molar-refractivity contribution is 6.13. The average molecular weight is 355 g/mol. The van der Waals surface area contributed by atoms with E-state index in [1.54, 1.807) is 18.2 Å². The normalized spacial score (nSPS) is 10.5. The number of H-pyrrole nitrogens is 1. The van der Waals surface area contributed by atoms with E-state index in [2.05, 4.69) is 10.3 Å². The lowest BCUT2D eigenvalue weighted by Crippen LogP contribution is -2.22. The number of carbonyl (C=O) groups excluding carboxylic acids is 2. The number of aromatic amines is 1. The first-order chi connectivity index (χ1) is 12.3. The van der Waals surface area contributed by atoms with Crippen LogP contribution >= 0.6 is 0 Å². The minimum Gasteiger partial charge on any atom is -0.457 e. The molecule has 6 N–H and O–H groups in total. The second-order valence-corrected chi connectivity index (χ2v) is 5.29. The molecule has 3 amide bonds. The Morgan fingerprint density at radius 3 is 2.31 bits per heavy atom. The van der Waals surface area contributed by atoms with E-state index in [-0.39, 0.29) is 17.1 Å². The molecule has 0 spiro atoms. The smallest absolute Gasteiger partial charge is 0.317 e. The van der Waals surface area contributed by atoms with Gasteiger partial charge in [0.15, 0.2) is 0 Å². The molecule has 132 valence electrons. The Morgan fingerprint density at radius 1 is 1.08 bits per heavy atom. The molecular weight excluding hydrogens is 342 g/mol. The number of hydrogen-bond acceptors (Lipinski definition) is 5. The van der Waals surface area contributed by atoms with Gasteiger partial charge in [0, 0.05) is 23.6 Å². The van der Waals surface area contributed by atoms with Crippen LogP contribution in [-0.4, -0.2) is 21.8 Å². The van der Waals surface area contributed by atoms with Crippen LogP contribution in [0.15, 0.2) is 42.5 Å². The van der Waals surface area contributed by atoms with Crippen molar-refractivity contribution in [2.24, 2.45) is 11.5 Å². The molecule has 3 rings (SSSR count). The van der Waals surface area contributed by atoms with Gasteiger partial charge in [0.05, 0.1) is 16.0 Å². The number of rotatable bonds is 5. The molecule has 1 aromatic heterocycles. The summed E-state index contributed by atoms with van der Waals surface area (Å²) in [5.74, 6) is 0.165. The van der Waals surface area contributed by atoms with Gasteiger partial charge in [-0.1, -0.05) is 0 Å². The van der Waals surface area contributed by atoms with E-state index in [1.165, 1.54) is 24.3 Å². The van der Waals surface area contributed by atoms with Gasteiger partial charge < -0.3 is 21.2 Å². The van der Waals surface area contributed by atoms with Crippen molar-refractivity contribution in [2.45, 2.75) is 0 Å². The van der Waals surface area contributed by atoms with E-state index in [9.17, 15) is 19.7 Å². The number of fused-ring (bicyclic) bond motifs is 1. The number of carbonyl (C=O) groups is 2. The van der Waals surface area contributed by atoms with Crippen molar-refractivity contribution in [1.29, 1.82) is 0 Å². The Hall–Kier alpha value is -4.08. The van der Waals surface area contributed by atoms with Gasteiger partial charge in [0.1, 0.15) is 17.3 Å². The van der Waals surface area contributed by atoms with E-state index >= 15 is 0 Å². The molecule has 10 nitrogen and oxygen atoms in total. The summed E-state index contributed by atoms with van der Waals surface area (Å²) in [6, 6.07) is 9.51. The first kappa shape index (κ1) is 16.8. The SMILES string of the molecule is NC(=O)Nc1[nH]c2cc(Oc3ccc([N+](=O)[O-])cc3)ccc2c1C(N)=O. The molecule has 0 aliphatic rings. The lowest BCUT2D eigenvalue weighted by molar-refractivity contribution is -0.384. The summed E-state index contributed by atoms with van der Waals surface area (Å²) >= 11 is 0. The fourth-order valence-electron chi connectivity index (χ4n) is 2.48.